The van der Waals surface area contributed by atoms with E-state index in [-0.39, 0.29) is 5.91 Å². The lowest BCUT2D eigenvalue weighted by Crippen LogP contribution is -2.48. The molecule has 0 unspecified atom stereocenters. The molecule has 0 saturated carbocycles. The highest BCUT2D eigenvalue weighted by Gasteiger charge is 2.23. The third-order valence-electron chi connectivity index (χ3n) is 3.50. The Morgan fingerprint density at radius 3 is 2.86 bits per heavy atom. The maximum atomic E-state index is 11.6. The number of nitrogens with zero attached hydrogens (tertiary/aromatic N) is 5. The Labute approximate surface area is 122 Å². The van der Waals surface area contributed by atoms with Gasteiger partial charge in [0.15, 0.2) is 5.82 Å². The Morgan fingerprint density at radius 1 is 1.29 bits per heavy atom. The minimum atomic E-state index is -0.0277. The number of rotatable bonds is 2. The number of aliphatic imine (C=N–C) groups is 1. The van der Waals surface area contributed by atoms with Crippen molar-refractivity contribution in [2.45, 2.75) is 0 Å². The number of amides is 1. The number of hydrogen-bond acceptors (Lipinski definition) is 5. The predicted octanol–water partition coefficient (Wildman–Crippen LogP) is 1.20. The Bertz CT molecular complexity index is 665. The van der Waals surface area contributed by atoms with Gasteiger partial charge in [-0.1, -0.05) is 12.7 Å². The molecule has 1 saturated heterocycles. The fraction of sp³-hybridized carbons (Fsp3) is 0.267. The van der Waals surface area contributed by atoms with E-state index in [0.29, 0.717) is 26.2 Å². The zero-order valence-electron chi connectivity index (χ0n) is 11.6. The smallest absolute Gasteiger partial charge is 0.246 e. The van der Waals surface area contributed by atoms with Gasteiger partial charge < -0.3 is 9.80 Å². The summed E-state index contributed by atoms with van der Waals surface area (Å²) in [6, 6.07) is 0. The third-order valence-corrected chi connectivity index (χ3v) is 3.50. The van der Waals surface area contributed by atoms with Gasteiger partial charge in [-0.2, -0.15) is 0 Å². The molecule has 0 atom stereocenters. The summed E-state index contributed by atoms with van der Waals surface area (Å²) in [6.07, 6.45) is 8.38. The Morgan fingerprint density at radius 2 is 2.10 bits per heavy atom. The fourth-order valence-corrected chi connectivity index (χ4v) is 2.40. The molecule has 3 rings (SSSR count). The molecule has 0 aromatic carbocycles. The highest BCUT2D eigenvalue weighted by Crippen LogP contribution is 2.30. The summed E-state index contributed by atoms with van der Waals surface area (Å²) in [7, 11) is 0. The normalized spacial score (nSPS) is 16.6. The summed E-state index contributed by atoms with van der Waals surface area (Å²) in [6.45, 7) is 6.25. The predicted molar refractivity (Wildman–Crippen MR) is 81.7 cm³/mol. The first kappa shape index (κ1) is 13.3. The molecule has 0 radical (unpaired) electrons. The zero-order valence-corrected chi connectivity index (χ0v) is 11.6. The van der Waals surface area contributed by atoms with E-state index in [9.17, 15) is 4.79 Å². The summed E-state index contributed by atoms with van der Waals surface area (Å²) >= 11 is 0. The van der Waals surface area contributed by atoms with Crippen LogP contribution in [0.3, 0.4) is 0 Å². The van der Waals surface area contributed by atoms with Crippen molar-refractivity contribution in [2.75, 3.05) is 31.1 Å². The maximum absolute atomic E-state index is 11.6. The largest absolute Gasteiger partial charge is 0.351 e. The first-order valence-corrected chi connectivity index (χ1v) is 6.77. The molecule has 0 N–H and O–H groups in total. The van der Waals surface area contributed by atoms with E-state index in [0.717, 1.165) is 17.2 Å². The quantitative estimate of drug-likeness (QED) is 0.764. The van der Waals surface area contributed by atoms with Gasteiger partial charge in [0.2, 0.25) is 5.91 Å². The van der Waals surface area contributed by atoms with Crippen molar-refractivity contribution in [2.24, 2.45) is 4.99 Å². The summed E-state index contributed by atoms with van der Waals surface area (Å²) in [5, 5.41) is 0. The van der Waals surface area contributed by atoms with E-state index in [2.05, 4.69) is 32.3 Å². The average Bonchev–Trinajstić information content (AvgIpc) is 2.79. The van der Waals surface area contributed by atoms with Crippen molar-refractivity contribution in [3.63, 3.8) is 0 Å². The van der Waals surface area contributed by atoms with Gasteiger partial charge in [-0.05, 0) is 24.1 Å². The second kappa shape index (κ2) is 5.73. The number of fused-ring (bicyclic) bond motifs is 1. The molecule has 6 heteroatoms. The molecule has 1 fully saturated rings. The van der Waals surface area contributed by atoms with Crippen molar-refractivity contribution >= 4 is 29.4 Å². The van der Waals surface area contributed by atoms with Crippen LogP contribution >= 0.6 is 0 Å². The number of carbonyl (C=O) groups is 1. The lowest BCUT2D eigenvalue weighted by atomic mass is 10.2. The SMILES string of the molecule is C=CC(=O)N1CCN(c2ncnc3c2N=C=CC=C3)CC1. The number of aromatic nitrogens is 2. The summed E-state index contributed by atoms with van der Waals surface area (Å²) < 4.78 is 0. The van der Waals surface area contributed by atoms with E-state index >= 15 is 0 Å². The van der Waals surface area contributed by atoms with Gasteiger partial charge in [0.25, 0.3) is 0 Å². The molecule has 0 bridgehead atoms. The molecule has 0 spiro atoms. The molecule has 106 valence electrons. The van der Waals surface area contributed by atoms with Crippen LogP contribution < -0.4 is 4.90 Å². The minimum absolute atomic E-state index is 0.0277. The van der Waals surface area contributed by atoms with Gasteiger partial charge in [-0.3, -0.25) is 4.79 Å². The first-order chi connectivity index (χ1) is 10.3. The monoisotopic (exact) mass is 281 g/mol. The van der Waals surface area contributed by atoms with Crippen molar-refractivity contribution in [3.8, 4) is 0 Å². The highest BCUT2D eigenvalue weighted by molar-refractivity contribution is 5.87. The number of allylic oxidation sites excluding steroid dienone is 2. The van der Waals surface area contributed by atoms with Gasteiger partial charge >= 0.3 is 0 Å². The molecule has 6 nitrogen and oxygen atoms in total. The minimum Gasteiger partial charge on any atom is -0.351 e. The van der Waals surface area contributed by atoms with Crippen LogP contribution in [0.4, 0.5) is 11.5 Å². The van der Waals surface area contributed by atoms with Crippen molar-refractivity contribution in [1.82, 2.24) is 14.9 Å². The Balaban J connectivity index is 1.84. The van der Waals surface area contributed by atoms with Crippen molar-refractivity contribution in [1.29, 1.82) is 0 Å². The van der Waals surface area contributed by atoms with Gasteiger partial charge in [0.05, 0.1) is 5.69 Å². The van der Waals surface area contributed by atoms with Crippen LogP contribution in [0.5, 0.6) is 0 Å². The van der Waals surface area contributed by atoms with E-state index in [1.807, 2.05) is 12.2 Å². The van der Waals surface area contributed by atoms with Crippen LogP contribution in [0.2, 0.25) is 0 Å². The Kier molecular flexibility index (Phi) is 3.62. The second-order valence-electron chi connectivity index (χ2n) is 4.71. The van der Waals surface area contributed by atoms with Gasteiger partial charge in [0, 0.05) is 26.2 Å². The van der Waals surface area contributed by atoms with Crippen molar-refractivity contribution in [3.05, 3.63) is 36.8 Å². The molecule has 3 heterocycles. The van der Waals surface area contributed by atoms with Crippen LogP contribution in [-0.2, 0) is 4.79 Å². The molecule has 0 aliphatic carbocycles. The van der Waals surface area contributed by atoms with Gasteiger partial charge in [-0.25, -0.2) is 15.0 Å². The van der Waals surface area contributed by atoms with Gasteiger partial charge in [0.1, 0.15) is 12.0 Å². The lowest BCUT2D eigenvalue weighted by Gasteiger charge is -2.35. The van der Waals surface area contributed by atoms with Crippen molar-refractivity contribution < 1.29 is 4.79 Å². The van der Waals surface area contributed by atoms with Crippen LogP contribution in [0, 0.1) is 0 Å². The van der Waals surface area contributed by atoms with E-state index in [1.54, 1.807) is 17.3 Å². The molecule has 2 aliphatic rings. The number of piperazine rings is 1. The van der Waals surface area contributed by atoms with Crippen LogP contribution in [-0.4, -0.2) is 52.8 Å². The topological polar surface area (TPSA) is 61.7 Å². The second-order valence-corrected chi connectivity index (χ2v) is 4.71. The van der Waals surface area contributed by atoms with E-state index < -0.39 is 0 Å². The van der Waals surface area contributed by atoms with E-state index in [1.165, 1.54) is 6.08 Å². The average molecular weight is 281 g/mol. The molecular weight excluding hydrogens is 266 g/mol. The molecule has 1 amide bonds. The van der Waals surface area contributed by atoms with E-state index in [4.69, 9.17) is 0 Å². The molecule has 2 aliphatic heterocycles. The zero-order chi connectivity index (χ0) is 14.7. The highest BCUT2D eigenvalue weighted by atomic mass is 16.2. The number of hydrogen-bond donors (Lipinski definition) is 0. The molecular formula is C15H15N5O. The van der Waals surface area contributed by atoms with Crippen LogP contribution in [0.15, 0.2) is 36.1 Å². The molecule has 21 heavy (non-hydrogen) atoms. The van der Waals surface area contributed by atoms with Crippen LogP contribution in [0.1, 0.15) is 5.69 Å². The molecule has 1 aromatic heterocycles. The maximum Gasteiger partial charge on any atom is 0.246 e. The first-order valence-electron chi connectivity index (χ1n) is 6.77. The third kappa shape index (κ3) is 2.61. The Hall–Kier alpha value is -2.72. The standard InChI is InChI=1S/C15H15N5O/c1-2-13(21)19-7-9-20(10-8-19)15-14-12(17-11-18-15)5-3-4-6-16-14/h2-5,11H,1,7-10H2. The number of anilines is 1. The molecule has 1 aromatic rings. The number of carbonyl (C=O) groups excluding carboxylic acids is 1. The lowest BCUT2D eigenvalue weighted by molar-refractivity contribution is -0.126. The fourth-order valence-electron chi connectivity index (χ4n) is 2.40. The summed E-state index contributed by atoms with van der Waals surface area (Å²) in [4.78, 5) is 28.4. The summed E-state index contributed by atoms with van der Waals surface area (Å²) in [5.74, 6) is 3.61. The van der Waals surface area contributed by atoms with Crippen LogP contribution in [0.25, 0.3) is 6.08 Å². The summed E-state index contributed by atoms with van der Waals surface area (Å²) in [5.41, 5.74) is 1.51. The van der Waals surface area contributed by atoms with Gasteiger partial charge in [-0.15, -0.1) is 0 Å².